The van der Waals surface area contributed by atoms with E-state index < -0.39 is 0 Å². The molecule has 2 N–H and O–H groups in total. The first-order valence-corrected chi connectivity index (χ1v) is 9.00. The number of hydrogen-bond acceptors (Lipinski definition) is 3. The topological polar surface area (TPSA) is 42.4 Å². The highest BCUT2D eigenvalue weighted by Gasteiger charge is 2.27. The van der Waals surface area contributed by atoms with Gasteiger partial charge in [-0.2, -0.15) is 0 Å². The normalized spacial score (nSPS) is 23.0. The van der Waals surface area contributed by atoms with E-state index in [1.165, 1.54) is 19.3 Å². The quantitative estimate of drug-likeness (QED) is 0.795. The Labute approximate surface area is 138 Å². The summed E-state index contributed by atoms with van der Waals surface area (Å²) in [5, 5.41) is 0. The molecule has 0 bridgehead atoms. The molecule has 1 fully saturated rings. The van der Waals surface area contributed by atoms with Crippen LogP contribution < -0.4 is 5.73 Å². The monoisotopic (exact) mass is 406 g/mol. The fraction of sp³-hybridized carbons (Fsp3) is 0.733. The maximum atomic E-state index is 6.01. The van der Waals surface area contributed by atoms with E-state index in [0.29, 0.717) is 6.54 Å². The molecule has 0 aromatic carbocycles. The van der Waals surface area contributed by atoms with E-state index >= 15 is 0 Å². The van der Waals surface area contributed by atoms with Crippen molar-refractivity contribution in [3.05, 3.63) is 21.0 Å². The van der Waals surface area contributed by atoms with E-state index in [4.69, 9.17) is 10.2 Å². The van der Waals surface area contributed by atoms with E-state index in [1.807, 2.05) is 6.07 Å². The molecule has 1 aromatic rings. The van der Waals surface area contributed by atoms with Crippen LogP contribution in [0.1, 0.15) is 44.9 Å². The highest BCUT2D eigenvalue weighted by molar-refractivity contribution is 9.13. The van der Waals surface area contributed by atoms with Crippen LogP contribution in [0.5, 0.6) is 0 Å². The molecule has 0 aliphatic carbocycles. The minimum Gasteiger partial charge on any atom is -0.451 e. The fourth-order valence-electron chi connectivity index (χ4n) is 3.10. The van der Waals surface area contributed by atoms with Gasteiger partial charge >= 0.3 is 0 Å². The lowest BCUT2D eigenvalue weighted by Gasteiger charge is -2.28. The van der Waals surface area contributed by atoms with Crippen molar-refractivity contribution in [1.82, 2.24) is 4.90 Å². The van der Waals surface area contributed by atoms with E-state index in [0.717, 1.165) is 39.8 Å². The molecule has 3 nitrogen and oxygen atoms in total. The number of halogens is 2. The lowest BCUT2D eigenvalue weighted by atomic mass is 9.89. The van der Waals surface area contributed by atoms with Crippen molar-refractivity contribution in [1.29, 1.82) is 0 Å². The third kappa shape index (κ3) is 3.87. The third-order valence-corrected chi connectivity index (χ3v) is 6.12. The van der Waals surface area contributed by atoms with Crippen molar-refractivity contribution in [3.8, 4) is 0 Å². The number of likely N-dealkylation sites (tertiary alicyclic amines) is 1. The predicted octanol–water partition coefficient (Wildman–Crippen LogP) is 4.56. The molecular weight excluding hydrogens is 384 g/mol. The molecule has 0 amide bonds. The lowest BCUT2D eigenvalue weighted by Crippen LogP contribution is -2.34. The highest BCUT2D eigenvalue weighted by atomic mass is 79.9. The van der Waals surface area contributed by atoms with Gasteiger partial charge in [0.25, 0.3) is 0 Å². The Bertz CT molecular complexity index is 414. The summed E-state index contributed by atoms with van der Waals surface area (Å²) in [7, 11) is 0. The second-order valence-electron chi connectivity index (χ2n) is 5.99. The summed E-state index contributed by atoms with van der Waals surface area (Å²) < 4.78 is 7.49. The number of furan rings is 1. The van der Waals surface area contributed by atoms with Crippen LogP contribution in [0.4, 0.5) is 0 Å². The minimum atomic E-state index is 0.184. The van der Waals surface area contributed by atoms with Gasteiger partial charge in [-0.25, -0.2) is 0 Å². The van der Waals surface area contributed by atoms with Crippen molar-refractivity contribution in [3.63, 3.8) is 0 Å². The van der Waals surface area contributed by atoms with E-state index in [9.17, 15) is 0 Å². The van der Waals surface area contributed by atoms with Gasteiger partial charge in [-0.1, -0.05) is 13.8 Å². The summed E-state index contributed by atoms with van der Waals surface area (Å²) in [5.41, 5.74) is 6.01. The van der Waals surface area contributed by atoms with Gasteiger partial charge in [-0.3, -0.25) is 4.90 Å². The largest absolute Gasteiger partial charge is 0.451 e. The van der Waals surface area contributed by atoms with Gasteiger partial charge in [0.1, 0.15) is 5.76 Å². The van der Waals surface area contributed by atoms with Crippen molar-refractivity contribution in [2.45, 2.75) is 39.2 Å². The van der Waals surface area contributed by atoms with Crippen molar-refractivity contribution < 1.29 is 4.42 Å². The molecule has 114 valence electrons. The van der Waals surface area contributed by atoms with Gasteiger partial charge in [-0.15, -0.1) is 0 Å². The Morgan fingerprint density at radius 1 is 1.35 bits per heavy atom. The molecular formula is C15H24Br2N2O. The molecule has 1 aliphatic rings. The molecule has 5 heteroatoms. The highest BCUT2D eigenvalue weighted by Crippen LogP contribution is 2.34. The van der Waals surface area contributed by atoms with Crippen LogP contribution in [0.25, 0.3) is 0 Å². The van der Waals surface area contributed by atoms with Crippen LogP contribution in [0.3, 0.4) is 0 Å². The molecule has 1 aliphatic heterocycles. The first-order chi connectivity index (χ1) is 9.52. The van der Waals surface area contributed by atoms with E-state index in [-0.39, 0.29) is 6.04 Å². The molecule has 1 saturated heterocycles. The van der Waals surface area contributed by atoms with Gasteiger partial charge in [-0.05, 0) is 82.1 Å². The summed E-state index contributed by atoms with van der Waals surface area (Å²) in [6, 6.07) is 2.22. The Hall–Kier alpha value is 0.160. The van der Waals surface area contributed by atoms with Crippen LogP contribution in [0, 0.1) is 11.8 Å². The zero-order valence-corrected chi connectivity index (χ0v) is 15.4. The second kappa shape index (κ2) is 7.43. The van der Waals surface area contributed by atoms with Gasteiger partial charge < -0.3 is 10.2 Å². The summed E-state index contributed by atoms with van der Waals surface area (Å²) in [6.45, 7) is 7.49. The molecule has 2 heterocycles. The number of rotatable bonds is 4. The number of nitrogens with zero attached hydrogens (tertiary/aromatic N) is 1. The maximum Gasteiger partial charge on any atom is 0.183 e. The Morgan fingerprint density at radius 2 is 2.10 bits per heavy atom. The number of nitrogens with two attached hydrogens (primary N) is 1. The van der Waals surface area contributed by atoms with Crippen molar-refractivity contribution >= 4 is 31.9 Å². The first kappa shape index (κ1) is 16.5. The fourth-order valence-corrected chi connectivity index (χ4v) is 3.70. The Kier molecular flexibility index (Phi) is 6.14. The number of hydrogen-bond donors (Lipinski definition) is 1. The maximum absolute atomic E-state index is 6.01. The SMILES string of the molecule is CC(C)C1CCCN(C(CN)c2cc(Br)c(Br)o2)CC1. The standard InChI is InChI=1S/C15H24Br2N2O/c1-10(2)11-4-3-6-19(7-5-11)13(9-18)14-8-12(16)15(17)20-14/h8,10-11,13H,3-7,9,18H2,1-2H3. The minimum absolute atomic E-state index is 0.184. The summed E-state index contributed by atoms with van der Waals surface area (Å²) in [6.07, 6.45) is 3.84. The van der Waals surface area contributed by atoms with Crippen LogP contribution in [0.2, 0.25) is 0 Å². The van der Waals surface area contributed by atoms with E-state index in [2.05, 4.69) is 50.6 Å². The van der Waals surface area contributed by atoms with Crippen molar-refractivity contribution in [2.75, 3.05) is 19.6 Å². The molecule has 2 unspecified atom stereocenters. The molecule has 0 saturated carbocycles. The predicted molar refractivity (Wildman–Crippen MR) is 89.7 cm³/mol. The van der Waals surface area contributed by atoms with Crippen LogP contribution in [-0.2, 0) is 0 Å². The Morgan fingerprint density at radius 3 is 2.65 bits per heavy atom. The summed E-state index contributed by atoms with van der Waals surface area (Å²) >= 11 is 6.89. The van der Waals surface area contributed by atoms with Gasteiger partial charge in [0.2, 0.25) is 0 Å². The van der Waals surface area contributed by atoms with Gasteiger partial charge in [0.15, 0.2) is 4.67 Å². The zero-order chi connectivity index (χ0) is 14.7. The third-order valence-electron chi connectivity index (χ3n) is 4.41. The molecule has 1 aromatic heterocycles. The molecule has 2 rings (SSSR count). The van der Waals surface area contributed by atoms with E-state index in [1.54, 1.807) is 0 Å². The second-order valence-corrected chi connectivity index (χ2v) is 7.57. The molecule has 0 spiro atoms. The van der Waals surface area contributed by atoms with Gasteiger partial charge in [0, 0.05) is 6.54 Å². The van der Waals surface area contributed by atoms with Gasteiger partial charge in [0.05, 0.1) is 10.5 Å². The molecule has 20 heavy (non-hydrogen) atoms. The van der Waals surface area contributed by atoms with Crippen molar-refractivity contribution in [2.24, 2.45) is 17.6 Å². The van der Waals surface area contributed by atoms with Crippen LogP contribution in [0.15, 0.2) is 19.6 Å². The van der Waals surface area contributed by atoms with Crippen LogP contribution in [-0.4, -0.2) is 24.5 Å². The molecule has 2 atom stereocenters. The Balaban J connectivity index is 2.08. The molecule has 0 radical (unpaired) electrons. The van der Waals surface area contributed by atoms with Crippen LogP contribution >= 0.6 is 31.9 Å². The smallest absolute Gasteiger partial charge is 0.183 e. The average molecular weight is 408 g/mol. The summed E-state index contributed by atoms with van der Waals surface area (Å²) in [4.78, 5) is 2.49. The average Bonchev–Trinajstić information content (AvgIpc) is 2.63. The summed E-state index contributed by atoms with van der Waals surface area (Å²) in [5.74, 6) is 2.57. The zero-order valence-electron chi connectivity index (χ0n) is 12.2. The lowest BCUT2D eigenvalue weighted by molar-refractivity contribution is 0.180. The first-order valence-electron chi connectivity index (χ1n) is 7.41.